The van der Waals surface area contributed by atoms with Crippen molar-refractivity contribution in [2.75, 3.05) is 24.6 Å². The Labute approximate surface area is 249 Å². The van der Waals surface area contributed by atoms with E-state index in [-0.39, 0.29) is 37.2 Å². The number of piperidine rings is 1. The van der Waals surface area contributed by atoms with E-state index >= 15 is 4.39 Å². The summed E-state index contributed by atoms with van der Waals surface area (Å²) in [7, 11) is -1.42. The van der Waals surface area contributed by atoms with Gasteiger partial charge in [-0.2, -0.15) is 18.3 Å². The van der Waals surface area contributed by atoms with Gasteiger partial charge < -0.3 is 24.0 Å². The molecule has 1 aromatic heterocycles. The van der Waals surface area contributed by atoms with Crippen molar-refractivity contribution in [1.29, 1.82) is 0 Å². The molecular formula is C29H40F4N4O5Si. The molecule has 238 valence electrons. The highest BCUT2D eigenvalue weighted by atomic mass is 28.3. The van der Waals surface area contributed by atoms with Crippen LogP contribution in [0.2, 0.25) is 25.7 Å². The van der Waals surface area contributed by atoms with Crippen LogP contribution in [0.5, 0.6) is 5.75 Å². The number of aromatic nitrogens is 2. The number of nitrogens with zero attached hydrogens (tertiary/aromatic N) is 4. The topological polar surface area (TPSA) is 86.1 Å². The molecule has 3 heterocycles. The van der Waals surface area contributed by atoms with Gasteiger partial charge in [-0.05, 0) is 38.4 Å². The molecule has 0 radical (unpaired) electrons. The van der Waals surface area contributed by atoms with Gasteiger partial charge in [-0.1, -0.05) is 19.6 Å². The van der Waals surface area contributed by atoms with E-state index in [0.717, 1.165) is 12.2 Å². The van der Waals surface area contributed by atoms with Crippen molar-refractivity contribution in [3.8, 4) is 5.75 Å². The van der Waals surface area contributed by atoms with Crippen LogP contribution in [0.3, 0.4) is 0 Å². The van der Waals surface area contributed by atoms with Crippen LogP contribution in [0.15, 0.2) is 23.1 Å². The van der Waals surface area contributed by atoms with Crippen LogP contribution < -0.4 is 15.2 Å². The first-order valence-corrected chi connectivity index (χ1v) is 18.1. The highest BCUT2D eigenvalue weighted by molar-refractivity contribution is 6.76. The molecule has 1 saturated heterocycles. The van der Waals surface area contributed by atoms with Crippen molar-refractivity contribution in [3.63, 3.8) is 0 Å². The summed E-state index contributed by atoms with van der Waals surface area (Å²) in [6.45, 7) is 12.4. The number of benzene rings is 1. The molecule has 1 fully saturated rings. The normalized spacial score (nSPS) is 16.4. The molecule has 0 spiro atoms. The van der Waals surface area contributed by atoms with Crippen molar-refractivity contribution >= 4 is 19.9 Å². The number of halogens is 4. The van der Waals surface area contributed by atoms with Gasteiger partial charge >= 0.3 is 12.3 Å². The quantitative estimate of drug-likeness (QED) is 0.201. The van der Waals surface area contributed by atoms with Gasteiger partial charge in [0.1, 0.15) is 35.6 Å². The number of hydrogen-bond acceptors (Lipinski definition) is 7. The summed E-state index contributed by atoms with van der Waals surface area (Å²) in [5, 5.41) is 3.94. The Bertz CT molecular complexity index is 1380. The zero-order valence-electron chi connectivity index (χ0n) is 25.5. The average molecular weight is 629 g/mol. The van der Waals surface area contributed by atoms with Crippen LogP contribution in [0.4, 0.5) is 28.0 Å². The highest BCUT2D eigenvalue weighted by Gasteiger charge is 2.41. The van der Waals surface area contributed by atoms with Crippen LogP contribution in [0, 0.1) is 5.82 Å². The number of fused-ring (bicyclic) bond motifs is 1. The van der Waals surface area contributed by atoms with Gasteiger partial charge in [-0.15, -0.1) is 0 Å². The third kappa shape index (κ3) is 8.49. The third-order valence-electron chi connectivity index (χ3n) is 7.23. The van der Waals surface area contributed by atoms with Gasteiger partial charge in [-0.25, -0.2) is 13.9 Å². The summed E-state index contributed by atoms with van der Waals surface area (Å²) in [5.74, 6) is -0.347. The Morgan fingerprint density at radius 1 is 1.09 bits per heavy atom. The number of carbonyl (C=O) groups is 1. The van der Waals surface area contributed by atoms with Gasteiger partial charge in [0.2, 0.25) is 0 Å². The minimum atomic E-state index is -4.95. The van der Waals surface area contributed by atoms with E-state index in [1.165, 1.54) is 11.0 Å². The number of alkyl halides is 3. The van der Waals surface area contributed by atoms with E-state index in [1.807, 2.05) is 0 Å². The Kier molecular flexibility index (Phi) is 9.50. The van der Waals surface area contributed by atoms with E-state index in [9.17, 15) is 22.8 Å². The molecule has 0 atom stereocenters. The maximum atomic E-state index is 15.2. The van der Waals surface area contributed by atoms with E-state index in [4.69, 9.17) is 14.2 Å². The number of rotatable bonds is 8. The van der Waals surface area contributed by atoms with Crippen molar-refractivity contribution in [2.24, 2.45) is 0 Å². The Balaban J connectivity index is 1.45. The minimum Gasteiger partial charge on any atom is -0.490 e. The zero-order valence-corrected chi connectivity index (χ0v) is 26.5. The Morgan fingerprint density at radius 3 is 2.37 bits per heavy atom. The number of carbonyl (C=O) groups excluding carboxylic acids is 1. The highest BCUT2D eigenvalue weighted by Crippen LogP contribution is 2.39. The first-order valence-electron chi connectivity index (χ1n) is 14.4. The van der Waals surface area contributed by atoms with E-state index < -0.39 is 48.6 Å². The summed E-state index contributed by atoms with van der Waals surface area (Å²) in [6.07, 6.45) is -3.59. The number of amides is 1. The average Bonchev–Trinajstić information content (AvgIpc) is 3.30. The molecular weight excluding hydrogens is 588 g/mol. The predicted molar refractivity (Wildman–Crippen MR) is 155 cm³/mol. The second-order valence-electron chi connectivity index (χ2n) is 13.2. The summed E-state index contributed by atoms with van der Waals surface area (Å²) < 4.78 is 75.2. The molecule has 9 nitrogen and oxygen atoms in total. The second-order valence-corrected chi connectivity index (χ2v) is 18.9. The summed E-state index contributed by atoms with van der Waals surface area (Å²) >= 11 is 0. The van der Waals surface area contributed by atoms with Crippen LogP contribution in [0.1, 0.15) is 50.3 Å². The largest absolute Gasteiger partial charge is 0.490 e. The lowest BCUT2D eigenvalue weighted by atomic mass is 10.1. The lowest BCUT2D eigenvalue weighted by Crippen LogP contribution is -2.44. The molecule has 0 N–H and O–H groups in total. The number of anilines is 1. The standard InChI is InChI=1S/C29H40F4N4O5Si/c1-28(2,3)42-27(39)35-9-7-20(8-10-35)41-21-13-19-16-36(17-22(19)23(30)14-21)24-15-34-37(18-40-11-12-43(4,5)6)26(38)25(24)29(31,32)33/h13-15,20H,7-12,16-18H2,1-6H3. The van der Waals surface area contributed by atoms with Gasteiger partial charge in [0.15, 0.2) is 0 Å². The second kappa shape index (κ2) is 12.5. The fraction of sp³-hybridized carbons (Fsp3) is 0.621. The molecule has 1 aromatic carbocycles. The van der Waals surface area contributed by atoms with E-state index in [0.29, 0.717) is 42.8 Å². The first kappa shape index (κ1) is 32.8. The van der Waals surface area contributed by atoms with Crippen molar-refractivity contribution in [1.82, 2.24) is 14.7 Å². The van der Waals surface area contributed by atoms with Crippen LogP contribution in [-0.2, 0) is 35.5 Å². The van der Waals surface area contributed by atoms with Gasteiger partial charge in [0.25, 0.3) is 5.56 Å². The predicted octanol–water partition coefficient (Wildman–Crippen LogP) is 6.01. The maximum absolute atomic E-state index is 15.2. The molecule has 0 bridgehead atoms. The molecule has 0 aliphatic carbocycles. The molecule has 2 aromatic rings. The SMILES string of the molecule is CC(C)(C)OC(=O)N1CCC(Oc2cc(F)c3c(c2)CN(c2cnn(COCC[Si](C)(C)C)c(=O)c2C(F)(F)F)C3)CC1. The number of ether oxygens (including phenoxy) is 3. The molecule has 2 aliphatic heterocycles. The van der Waals surface area contributed by atoms with Gasteiger partial charge in [-0.3, -0.25) is 4.79 Å². The molecule has 0 saturated carbocycles. The minimum absolute atomic E-state index is 0.0541. The fourth-order valence-corrected chi connectivity index (χ4v) is 5.71. The van der Waals surface area contributed by atoms with Gasteiger partial charge in [0, 0.05) is 65.3 Å². The number of likely N-dealkylation sites (tertiary alicyclic amines) is 1. The van der Waals surface area contributed by atoms with Gasteiger partial charge in [0.05, 0.1) is 11.9 Å². The molecule has 2 aliphatic rings. The number of hydrogen-bond donors (Lipinski definition) is 0. The van der Waals surface area contributed by atoms with Crippen molar-refractivity contribution < 1.29 is 36.6 Å². The van der Waals surface area contributed by atoms with Crippen molar-refractivity contribution in [3.05, 3.63) is 51.2 Å². The molecule has 4 rings (SSSR count). The first-order chi connectivity index (χ1) is 19.9. The lowest BCUT2D eigenvalue weighted by Gasteiger charge is -2.33. The Morgan fingerprint density at radius 2 is 1.77 bits per heavy atom. The monoisotopic (exact) mass is 628 g/mol. The third-order valence-corrected chi connectivity index (χ3v) is 8.93. The van der Waals surface area contributed by atoms with E-state index in [1.54, 1.807) is 31.7 Å². The van der Waals surface area contributed by atoms with Crippen LogP contribution >= 0.6 is 0 Å². The summed E-state index contributed by atoms with van der Waals surface area (Å²) in [5.41, 5.74) is -2.99. The Hall–Kier alpha value is -3.13. The van der Waals surface area contributed by atoms with E-state index in [2.05, 4.69) is 24.7 Å². The lowest BCUT2D eigenvalue weighted by molar-refractivity contribution is -0.138. The summed E-state index contributed by atoms with van der Waals surface area (Å²) in [6, 6.07) is 3.63. The molecule has 43 heavy (non-hydrogen) atoms. The zero-order chi connectivity index (χ0) is 31.7. The molecule has 14 heteroatoms. The van der Waals surface area contributed by atoms with Crippen LogP contribution in [-0.4, -0.2) is 60.2 Å². The smallest absolute Gasteiger partial charge is 0.423 e. The maximum Gasteiger partial charge on any atom is 0.423 e. The fourth-order valence-electron chi connectivity index (χ4n) is 4.96. The molecule has 1 amide bonds. The molecule has 0 unspecified atom stereocenters. The summed E-state index contributed by atoms with van der Waals surface area (Å²) in [4.78, 5) is 28.1. The van der Waals surface area contributed by atoms with Crippen LogP contribution in [0.25, 0.3) is 0 Å². The van der Waals surface area contributed by atoms with Crippen molar-refractivity contribution in [2.45, 2.75) is 97.0 Å².